The van der Waals surface area contributed by atoms with Gasteiger partial charge in [-0.05, 0) is 55.0 Å². The third kappa shape index (κ3) is 3.71. The van der Waals surface area contributed by atoms with Gasteiger partial charge < -0.3 is 15.2 Å². The first-order valence-electron chi connectivity index (χ1n) is 8.03. The molecule has 1 aliphatic heterocycles. The number of rotatable bonds is 5. The fourth-order valence-corrected chi connectivity index (χ4v) is 3.82. The monoisotopic (exact) mass is 309 g/mol. The maximum Gasteiger partial charge on any atom is 0.123 e. The molecule has 3 unspecified atom stereocenters. The lowest BCUT2D eigenvalue weighted by Crippen LogP contribution is -2.37. The quantitative estimate of drug-likeness (QED) is 0.878. The molecule has 21 heavy (non-hydrogen) atoms. The molecule has 3 nitrogen and oxygen atoms in total. The van der Waals surface area contributed by atoms with Crippen molar-refractivity contribution >= 4 is 11.6 Å². The highest BCUT2D eigenvalue weighted by atomic mass is 35.5. The lowest BCUT2D eigenvalue weighted by Gasteiger charge is -2.30. The fourth-order valence-electron chi connectivity index (χ4n) is 3.63. The molecule has 4 heteroatoms. The van der Waals surface area contributed by atoms with E-state index < -0.39 is 0 Å². The molecule has 1 saturated carbocycles. The van der Waals surface area contributed by atoms with E-state index in [1.165, 1.54) is 31.2 Å². The average Bonchev–Trinajstić information content (AvgIpc) is 2.89. The summed E-state index contributed by atoms with van der Waals surface area (Å²) in [5.41, 5.74) is 1.21. The Labute approximate surface area is 131 Å². The van der Waals surface area contributed by atoms with Crippen LogP contribution >= 0.6 is 11.6 Å². The molecule has 1 heterocycles. The number of hydrogen-bond donors (Lipinski definition) is 2. The maximum atomic E-state index is 9.45. The number of aliphatic hydroxyl groups is 1. The van der Waals surface area contributed by atoms with E-state index in [0.717, 1.165) is 30.3 Å². The number of halogens is 1. The summed E-state index contributed by atoms with van der Waals surface area (Å²) in [7, 11) is 0. The van der Waals surface area contributed by atoms with E-state index in [4.69, 9.17) is 16.3 Å². The van der Waals surface area contributed by atoms with Crippen LogP contribution in [0.5, 0.6) is 5.75 Å². The lowest BCUT2D eigenvalue weighted by molar-refractivity contribution is 0.130. The van der Waals surface area contributed by atoms with Crippen LogP contribution in [0.3, 0.4) is 0 Å². The standard InChI is InChI=1S/C17H24ClNO2/c18-15-5-6-17-14(7-15)8-16(21-17)10-19-9-12-3-1-2-4-13(12)11-20/h5-7,12-13,16,19-20H,1-4,8-11H2. The largest absolute Gasteiger partial charge is 0.488 e. The minimum Gasteiger partial charge on any atom is -0.488 e. The Bertz CT molecular complexity index is 480. The number of nitrogens with one attached hydrogen (secondary N) is 1. The van der Waals surface area contributed by atoms with Crippen LogP contribution in [0.25, 0.3) is 0 Å². The fraction of sp³-hybridized carbons (Fsp3) is 0.647. The molecule has 1 aromatic rings. The zero-order chi connectivity index (χ0) is 14.7. The second-order valence-corrected chi connectivity index (χ2v) is 6.78. The number of benzene rings is 1. The van der Waals surface area contributed by atoms with Crippen molar-refractivity contribution in [3.8, 4) is 5.75 Å². The molecule has 0 amide bonds. The van der Waals surface area contributed by atoms with Crippen LogP contribution in [-0.4, -0.2) is 30.9 Å². The van der Waals surface area contributed by atoms with Crippen LogP contribution in [0.4, 0.5) is 0 Å². The van der Waals surface area contributed by atoms with Gasteiger partial charge in [-0.2, -0.15) is 0 Å². The van der Waals surface area contributed by atoms with Crippen LogP contribution < -0.4 is 10.1 Å². The molecule has 0 aromatic heterocycles. The Hall–Kier alpha value is -0.770. The Balaban J connectivity index is 1.44. The van der Waals surface area contributed by atoms with Crippen molar-refractivity contribution in [3.63, 3.8) is 0 Å². The van der Waals surface area contributed by atoms with Crippen molar-refractivity contribution in [3.05, 3.63) is 28.8 Å². The number of hydrogen-bond acceptors (Lipinski definition) is 3. The molecule has 1 aliphatic carbocycles. The van der Waals surface area contributed by atoms with Gasteiger partial charge in [0.15, 0.2) is 0 Å². The summed E-state index contributed by atoms with van der Waals surface area (Å²) < 4.78 is 5.93. The van der Waals surface area contributed by atoms with Gasteiger partial charge >= 0.3 is 0 Å². The normalized spacial score (nSPS) is 28.2. The van der Waals surface area contributed by atoms with Gasteiger partial charge in [0.05, 0.1) is 0 Å². The van der Waals surface area contributed by atoms with Gasteiger partial charge in [-0.15, -0.1) is 0 Å². The minimum absolute atomic E-state index is 0.203. The SMILES string of the molecule is OCC1CCCCC1CNCC1Cc2cc(Cl)ccc2O1. The van der Waals surface area contributed by atoms with Gasteiger partial charge in [0.25, 0.3) is 0 Å². The highest BCUT2D eigenvalue weighted by molar-refractivity contribution is 6.30. The van der Waals surface area contributed by atoms with Crippen LogP contribution in [0.2, 0.25) is 5.02 Å². The number of fused-ring (bicyclic) bond motifs is 1. The lowest BCUT2D eigenvalue weighted by atomic mass is 9.79. The second kappa shape index (κ2) is 6.99. The van der Waals surface area contributed by atoms with Crippen LogP contribution in [0, 0.1) is 11.8 Å². The highest BCUT2D eigenvalue weighted by Crippen LogP contribution is 2.31. The van der Waals surface area contributed by atoms with Crippen molar-refractivity contribution in [1.29, 1.82) is 0 Å². The summed E-state index contributed by atoms with van der Waals surface area (Å²) >= 11 is 6.01. The second-order valence-electron chi connectivity index (χ2n) is 6.34. The average molecular weight is 310 g/mol. The molecule has 2 N–H and O–H groups in total. The smallest absolute Gasteiger partial charge is 0.123 e. The Morgan fingerprint density at radius 2 is 2.00 bits per heavy atom. The van der Waals surface area contributed by atoms with Crippen molar-refractivity contribution in [2.45, 2.75) is 38.2 Å². The number of aliphatic hydroxyl groups excluding tert-OH is 1. The van der Waals surface area contributed by atoms with E-state index in [1.54, 1.807) is 0 Å². The molecule has 3 rings (SSSR count). The molecule has 1 aromatic carbocycles. The molecule has 1 fully saturated rings. The zero-order valence-corrected chi connectivity index (χ0v) is 13.1. The zero-order valence-electron chi connectivity index (χ0n) is 12.4. The van der Waals surface area contributed by atoms with E-state index in [9.17, 15) is 5.11 Å². The summed E-state index contributed by atoms with van der Waals surface area (Å²) in [5.74, 6) is 2.06. The first-order chi connectivity index (χ1) is 10.3. The van der Waals surface area contributed by atoms with Gasteiger partial charge in [-0.25, -0.2) is 0 Å². The van der Waals surface area contributed by atoms with Crippen LogP contribution in [0.1, 0.15) is 31.2 Å². The minimum atomic E-state index is 0.203. The van der Waals surface area contributed by atoms with E-state index in [0.29, 0.717) is 18.4 Å². The summed E-state index contributed by atoms with van der Waals surface area (Å²) in [6.07, 6.45) is 6.11. The van der Waals surface area contributed by atoms with E-state index in [2.05, 4.69) is 5.32 Å². The van der Waals surface area contributed by atoms with Crippen LogP contribution in [-0.2, 0) is 6.42 Å². The Morgan fingerprint density at radius 3 is 2.81 bits per heavy atom. The summed E-state index contributed by atoms with van der Waals surface area (Å²) in [6.45, 7) is 2.18. The van der Waals surface area contributed by atoms with Gasteiger partial charge in [0, 0.05) is 24.6 Å². The topological polar surface area (TPSA) is 41.5 Å². The molecule has 0 spiro atoms. The highest BCUT2D eigenvalue weighted by Gasteiger charge is 2.26. The summed E-state index contributed by atoms with van der Waals surface area (Å²) in [5, 5.41) is 13.8. The third-order valence-corrected chi connectivity index (χ3v) is 5.08. The predicted molar refractivity (Wildman–Crippen MR) is 85.0 cm³/mol. The maximum absolute atomic E-state index is 9.45. The molecule has 2 aliphatic rings. The van der Waals surface area contributed by atoms with E-state index in [1.807, 2.05) is 18.2 Å². The Kier molecular flexibility index (Phi) is 5.04. The molecule has 116 valence electrons. The molecule has 3 atom stereocenters. The molecular formula is C17H24ClNO2. The third-order valence-electron chi connectivity index (χ3n) is 4.84. The molecular weight excluding hydrogens is 286 g/mol. The summed E-state index contributed by atoms with van der Waals surface area (Å²) in [4.78, 5) is 0. The van der Waals surface area contributed by atoms with Crippen molar-refractivity contribution in [2.24, 2.45) is 11.8 Å². The van der Waals surface area contributed by atoms with E-state index in [-0.39, 0.29) is 6.10 Å². The molecule has 0 radical (unpaired) electrons. The first-order valence-corrected chi connectivity index (χ1v) is 8.40. The van der Waals surface area contributed by atoms with Crippen molar-refractivity contribution < 1.29 is 9.84 Å². The molecule has 0 bridgehead atoms. The van der Waals surface area contributed by atoms with E-state index >= 15 is 0 Å². The Morgan fingerprint density at radius 1 is 1.19 bits per heavy atom. The predicted octanol–water partition coefficient (Wildman–Crippen LogP) is 3.03. The van der Waals surface area contributed by atoms with Gasteiger partial charge in [0.2, 0.25) is 0 Å². The summed E-state index contributed by atoms with van der Waals surface area (Å²) in [6, 6.07) is 5.84. The molecule has 0 saturated heterocycles. The number of ether oxygens (including phenoxy) is 1. The van der Waals surface area contributed by atoms with Gasteiger partial charge in [0.1, 0.15) is 11.9 Å². The van der Waals surface area contributed by atoms with Gasteiger partial charge in [-0.1, -0.05) is 24.4 Å². The van der Waals surface area contributed by atoms with Gasteiger partial charge in [-0.3, -0.25) is 0 Å². The first kappa shape index (κ1) is 15.1. The van der Waals surface area contributed by atoms with Crippen molar-refractivity contribution in [1.82, 2.24) is 5.32 Å². The van der Waals surface area contributed by atoms with Crippen LogP contribution in [0.15, 0.2) is 18.2 Å². The van der Waals surface area contributed by atoms with Crippen molar-refractivity contribution in [2.75, 3.05) is 19.7 Å².